The third kappa shape index (κ3) is 4.25. The van der Waals surface area contributed by atoms with Crippen molar-refractivity contribution in [3.05, 3.63) is 42.7 Å². The summed E-state index contributed by atoms with van der Waals surface area (Å²) in [5, 5.41) is 12.6. The molecular weight excluding hydrogens is 342 g/mol. The van der Waals surface area contributed by atoms with Crippen LogP contribution in [0.5, 0.6) is 0 Å². The van der Waals surface area contributed by atoms with Crippen molar-refractivity contribution in [3.8, 4) is 11.6 Å². The number of benzene rings is 1. The molecule has 1 aromatic carbocycles. The van der Waals surface area contributed by atoms with E-state index in [0.29, 0.717) is 23.0 Å². The average Bonchev–Trinajstić information content (AvgIpc) is 2.62. The SMILES string of the molecule is O=S(=O)(CCO)CCNc1nc(-c2ncccn2)nc2ccccc12. The zero-order valence-electron chi connectivity index (χ0n) is 13.3. The Balaban J connectivity index is 1.91. The summed E-state index contributed by atoms with van der Waals surface area (Å²) >= 11 is 0. The highest BCUT2D eigenvalue weighted by Crippen LogP contribution is 2.22. The lowest BCUT2D eigenvalue weighted by molar-refractivity contribution is 0.319. The molecule has 0 spiro atoms. The van der Waals surface area contributed by atoms with Crippen molar-refractivity contribution in [1.82, 2.24) is 19.9 Å². The fraction of sp³-hybridized carbons (Fsp3) is 0.250. The van der Waals surface area contributed by atoms with E-state index in [1.807, 2.05) is 24.3 Å². The van der Waals surface area contributed by atoms with Gasteiger partial charge in [0.2, 0.25) is 0 Å². The summed E-state index contributed by atoms with van der Waals surface area (Å²) in [4.78, 5) is 17.2. The van der Waals surface area contributed by atoms with E-state index in [2.05, 4.69) is 25.3 Å². The Hall–Kier alpha value is -2.65. The Bertz CT molecular complexity index is 964. The van der Waals surface area contributed by atoms with E-state index in [-0.39, 0.29) is 24.7 Å². The van der Waals surface area contributed by atoms with Gasteiger partial charge in [0.15, 0.2) is 21.5 Å². The van der Waals surface area contributed by atoms with Crippen LogP contribution in [0, 0.1) is 0 Å². The molecule has 8 nitrogen and oxygen atoms in total. The van der Waals surface area contributed by atoms with Gasteiger partial charge in [-0.05, 0) is 18.2 Å². The molecule has 0 aliphatic rings. The van der Waals surface area contributed by atoms with Crippen LogP contribution in [-0.4, -0.2) is 58.1 Å². The van der Waals surface area contributed by atoms with Crippen LogP contribution >= 0.6 is 0 Å². The second-order valence-corrected chi connectivity index (χ2v) is 7.59. The van der Waals surface area contributed by atoms with Crippen LogP contribution < -0.4 is 5.32 Å². The molecule has 0 fully saturated rings. The predicted molar refractivity (Wildman–Crippen MR) is 94.8 cm³/mol. The number of aromatic nitrogens is 4. The Kier molecular flexibility index (Phi) is 5.15. The number of hydrogen-bond acceptors (Lipinski definition) is 8. The Morgan fingerprint density at radius 2 is 1.72 bits per heavy atom. The summed E-state index contributed by atoms with van der Waals surface area (Å²) in [5.74, 6) is 0.933. The molecule has 2 heterocycles. The number of fused-ring (bicyclic) bond motifs is 1. The largest absolute Gasteiger partial charge is 0.395 e. The molecular formula is C16H17N5O3S. The van der Waals surface area contributed by atoms with Gasteiger partial charge in [0, 0.05) is 24.3 Å². The highest BCUT2D eigenvalue weighted by Gasteiger charge is 2.13. The molecule has 0 aliphatic heterocycles. The predicted octanol–water partition coefficient (Wildman–Crippen LogP) is 0.906. The fourth-order valence-corrected chi connectivity index (χ4v) is 3.19. The molecule has 0 aliphatic carbocycles. The highest BCUT2D eigenvalue weighted by molar-refractivity contribution is 7.91. The lowest BCUT2D eigenvalue weighted by Crippen LogP contribution is -2.20. The number of aliphatic hydroxyl groups excluding tert-OH is 1. The van der Waals surface area contributed by atoms with E-state index in [1.165, 1.54) is 0 Å². The van der Waals surface area contributed by atoms with Gasteiger partial charge in [0.05, 0.1) is 23.6 Å². The van der Waals surface area contributed by atoms with Crippen LogP contribution in [0.4, 0.5) is 5.82 Å². The number of nitrogens with zero attached hydrogens (tertiary/aromatic N) is 4. The topological polar surface area (TPSA) is 118 Å². The van der Waals surface area contributed by atoms with E-state index in [0.717, 1.165) is 5.39 Å². The first kappa shape index (κ1) is 17.2. The summed E-state index contributed by atoms with van der Waals surface area (Å²) in [5.41, 5.74) is 0.709. The van der Waals surface area contributed by atoms with E-state index in [1.54, 1.807) is 18.5 Å². The van der Waals surface area contributed by atoms with Crippen molar-refractivity contribution in [2.24, 2.45) is 0 Å². The van der Waals surface area contributed by atoms with Crippen molar-refractivity contribution in [2.45, 2.75) is 0 Å². The third-order valence-corrected chi connectivity index (χ3v) is 5.11. The first-order valence-corrected chi connectivity index (χ1v) is 9.50. The summed E-state index contributed by atoms with van der Waals surface area (Å²) in [7, 11) is -3.30. The molecule has 3 rings (SSSR count). The van der Waals surface area contributed by atoms with E-state index >= 15 is 0 Å². The molecule has 25 heavy (non-hydrogen) atoms. The van der Waals surface area contributed by atoms with Gasteiger partial charge in [0.1, 0.15) is 5.82 Å². The van der Waals surface area contributed by atoms with Gasteiger partial charge < -0.3 is 10.4 Å². The first-order chi connectivity index (χ1) is 12.1. The molecule has 0 saturated carbocycles. The van der Waals surface area contributed by atoms with Gasteiger partial charge in [-0.15, -0.1) is 0 Å². The number of anilines is 1. The normalized spacial score (nSPS) is 11.6. The Morgan fingerprint density at radius 1 is 0.960 bits per heavy atom. The van der Waals surface area contributed by atoms with E-state index in [9.17, 15) is 8.42 Å². The minimum Gasteiger partial charge on any atom is -0.395 e. The summed E-state index contributed by atoms with van der Waals surface area (Å²) in [6.07, 6.45) is 3.21. The quantitative estimate of drug-likeness (QED) is 0.639. The lowest BCUT2D eigenvalue weighted by Gasteiger charge is -2.10. The van der Waals surface area contributed by atoms with Crippen LogP contribution in [0.25, 0.3) is 22.6 Å². The Labute approximate surface area is 144 Å². The number of aliphatic hydroxyl groups is 1. The first-order valence-electron chi connectivity index (χ1n) is 7.68. The molecule has 3 aromatic rings. The number of nitrogens with one attached hydrogen (secondary N) is 1. The lowest BCUT2D eigenvalue weighted by atomic mass is 10.2. The molecule has 0 unspecified atom stereocenters. The highest BCUT2D eigenvalue weighted by atomic mass is 32.2. The molecule has 2 N–H and O–H groups in total. The van der Waals surface area contributed by atoms with Crippen molar-refractivity contribution < 1.29 is 13.5 Å². The fourth-order valence-electron chi connectivity index (χ4n) is 2.29. The number of rotatable bonds is 7. The molecule has 0 amide bonds. The van der Waals surface area contributed by atoms with Gasteiger partial charge >= 0.3 is 0 Å². The third-order valence-electron chi connectivity index (χ3n) is 3.48. The summed E-state index contributed by atoms with van der Waals surface area (Å²) in [6.45, 7) is -0.202. The smallest absolute Gasteiger partial charge is 0.200 e. The molecule has 130 valence electrons. The van der Waals surface area contributed by atoms with Crippen LogP contribution in [0.2, 0.25) is 0 Å². The number of para-hydroxylation sites is 1. The van der Waals surface area contributed by atoms with Gasteiger partial charge in [-0.2, -0.15) is 0 Å². The van der Waals surface area contributed by atoms with E-state index < -0.39 is 9.84 Å². The van der Waals surface area contributed by atoms with Crippen molar-refractivity contribution in [3.63, 3.8) is 0 Å². The Morgan fingerprint density at radius 3 is 2.48 bits per heavy atom. The molecule has 0 saturated heterocycles. The number of hydrogen-bond donors (Lipinski definition) is 2. The van der Waals surface area contributed by atoms with Crippen molar-refractivity contribution in [1.29, 1.82) is 0 Å². The van der Waals surface area contributed by atoms with Crippen molar-refractivity contribution >= 4 is 26.6 Å². The van der Waals surface area contributed by atoms with E-state index in [4.69, 9.17) is 5.11 Å². The second kappa shape index (κ2) is 7.49. The minimum atomic E-state index is -3.30. The molecule has 2 aromatic heterocycles. The average molecular weight is 359 g/mol. The minimum absolute atomic E-state index is 0.0942. The van der Waals surface area contributed by atoms with Gasteiger partial charge in [-0.25, -0.2) is 28.4 Å². The maximum Gasteiger partial charge on any atom is 0.200 e. The molecule has 0 radical (unpaired) electrons. The van der Waals surface area contributed by atoms with Crippen LogP contribution in [0.15, 0.2) is 42.7 Å². The van der Waals surface area contributed by atoms with Crippen LogP contribution in [0.3, 0.4) is 0 Å². The zero-order valence-corrected chi connectivity index (χ0v) is 14.1. The molecule has 0 atom stereocenters. The zero-order chi connectivity index (χ0) is 17.7. The number of sulfone groups is 1. The maximum atomic E-state index is 11.7. The van der Waals surface area contributed by atoms with Crippen LogP contribution in [0.1, 0.15) is 0 Å². The summed E-state index contributed by atoms with van der Waals surface area (Å²) in [6, 6.07) is 9.13. The molecule has 0 bridgehead atoms. The second-order valence-electron chi connectivity index (χ2n) is 5.29. The summed E-state index contributed by atoms with van der Waals surface area (Å²) < 4.78 is 23.4. The standard InChI is InChI=1S/C16H17N5O3S/c22-9-11-25(23,24)10-8-19-14-12-4-1-2-5-13(12)20-16(21-14)15-17-6-3-7-18-15/h1-7,22H,8-11H2,(H,19,20,21). The monoisotopic (exact) mass is 359 g/mol. The van der Waals surface area contributed by atoms with Crippen LogP contribution in [-0.2, 0) is 9.84 Å². The van der Waals surface area contributed by atoms with Gasteiger partial charge in [0.25, 0.3) is 0 Å². The van der Waals surface area contributed by atoms with Gasteiger partial charge in [-0.1, -0.05) is 12.1 Å². The van der Waals surface area contributed by atoms with Crippen molar-refractivity contribution in [2.75, 3.05) is 30.0 Å². The van der Waals surface area contributed by atoms with Gasteiger partial charge in [-0.3, -0.25) is 0 Å². The maximum absolute atomic E-state index is 11.7. The molecule has 9 heteroatoms.